The molecule has 0 aromatic heterocycles. The van der Waals surface area contributed by atoms with Crippen LogP contribution in [0.3, 0.4) is 0 Å². The van der Waals surface area contributed by atoms with Gasteiger partial charge in [0, 0.05) is 12.8 Å². The van der Waals surface area contributed by atoms with Crippen LogP contribution in [0.2, 0.25) is 0 Å². The first-order valence-electron chi connectivity index (χ1n) is 37.5. The molecule has 0 aliphatic heterocycles. The maximum atomic E-state index is 12.4. The third kappa shape index (κ3) is 71.8. The number of allylic oxidation sites excluding steroid dienone is 12. The Hall–Kier alpha value is -2.66. The van der Waals surface area contributed by atoms with Crippen molar-refractivity contribution >= 4 is 11.9 Å². The number of hydrogen-bond donors (Lipinski definition) is 1. The molecular weight excluding hydrogens is 1030 g/mol. The van der Waals surface area contributed by atoms with Crippen LogP contribution in [0.15, 0.2) is 72.9 Å². The molecule has 1 atom stereocenters. The molecule has 0 spiro atoms. The molecule has 0 aliphatic rings. The summed E-state index contributed by atoms with van der Waals surface area (Å²) in [5.41, 5.74) is 0. The summed E-state index contributed by atoms with van der Waals surface area (Å²) in [7, 11) is 0. The van der Waals surface area contributed by atoms with Gasteiger partial charge in [-0.3, -0.25) is 9.59 Å². The van der Waals surface area contributed by atoms with Gasteiger partial charge in [-0.1, -0.05) is 395 Å². The summed E-state index contributed by atoms with van der Waals surface area (Å²) < 4.78 is 10.8. The summed E-state index contributed by atoms with van der Waals surface area (Å²) >= 11 is 0. The molecule has 1 unspecified atom stereocenters. The number of esters is 2. The zero-order valence-corrected chi connectivity index (χ0v) is 56.4. The molecule has 0 bridgehead atoms. The largest absolute Gasteiger partial charge is 0.462 e. The van der Waals surface area contributed by atoms with Crippen LogP contribution in [0.25, 0.3) is 0 Å². The lowest BCUT2D eigenvalue weighted by Crippen LogP contribution is -2.28. The van der Waals surface area contributed by atoms with Crippen molar-refractivity contribution in [3.05, 3.63) is 72.9 Å². The first kappa shape index (κ1) is 81.3. The molecule has 0 saturated carbocycles. The predicted molar refractivity (Wildman–Crippen MR) is 371 cm³/mol. The molecule has 0 rings (SSSR count). The highest BCUT2D eigenvalue weighted by Gasteiger charge is 2.16. The van der Waals surface area contributed by atoms with Gasteiger partial charge in [0.2, 0.25) is 0 Å². The van der Waals surface area contributed by atoms with E-state index < -0.39 is 6.10 Å². The molecule has 0 amide bonds. The number of carbonyl (C=O) groups excluding carboxylic acids is 2. The summed E-state index contributed by atoms with van der Waals surface area (Å²) in [4.78, 5) is 24.7. The quantitative estimate of drug-likeness (QED) is 0.0373. The summed E-state index contributed by atoms with van der Waals surface area (Å²) in [6.07, 6.45) is 104. The van der Waals surface area contributed by atoms with Crippen LogP contribution in [-0.2, 0) is 19.1 Å². The number of unbranched alkanes of at least 4 members (excludes halogenated alkanes) is 50. The highest BCUT2D eigenvalue weighted by molar-refractivity contribution is 5.70. The van der Waals surface area contributed by atoms with Crippen LogP contribution in [0.5, 0.6) is 0 Å². The first-order chi connectivity index (χ1) is 41.6. The fraction of sp³-hybridized carbons (Fsp3) is 0.823. The smallest absolute Gasteiger partial charge is 0.306 e. The van der Waals surface area contributed by atoms with Gasteiger partial charge in [0.25, 0.3) is 0 Å². The molecule has 5 heteroatoms. The highest BCUT2D eigenvalue weighted by Crippen LogP contribution is 2.19. The minimum Gasteiger partial charge on any atom is -0.462 e. The Labute approximate surface area is 524 Å². The number of hydrogen-bond acceptors (Lipinski definition) is 5. The summed E-state index contributed by atoms with van der Waals surface area (Å²) in [5, 5.41) is 9.71. The highest BCUT2D eigenvalue weighted by atomic mass is 16.6. The Bertz CT molecular complexity index is 1470. The zero-order valence-electron chi connectivity index (χ0n) is 56.4. The summed E-state index contributed by atoms with van der Waals surface area (Å²) in [5.74, 6) is -0.576. The number of ether oxygens (including phenoxy) is 2. The third-order valence-corrected chi connectivity index (χ3v) is 17.0. The number of carbonyl (C=O) groups is 2. The molecule has 0 aromatic rings. The van der Waals surface area contributed by atoms with E-state index in [1.165, 1.54) is 295 Å². The fourth-order valence-electron chi connectivity index (χ4n) is 11.4. The van der Waals surface area contributed by atoms with E-state index in [-0.39, 0.29) is 25.2 Å². The molecule has 0 fully saturated rings. The third-order valence-electron chi connectivity index (χ3n) is 17.0. The lowest BCUT2D eigenvalue weighted by atomic mass is 10.0. The molecule has 5 nitrogen and oxygen atoms in total. The van der Waals surface area contributed by atoms with E-state index in [1.54, 1.807) is 0 Å². The van der Waals surface area contributed by atoms with Gasteiger partial charge >= 0.3 is 11.9 Å². The van der Waals surface area contributed by atoms with Crippen molar-refractivity contribution in [2.24, 2.45) is 0 Å². The van der Waals surface area contributed by atoms with E-state index in [2.05, 4.69) is 86.8 Å². The molecule has 490 valence electrons. The second-order valence-corrected chi connectivity index (χ2v) is 25.4. The number of rotatable bonds is 70. The second-order valence-electron chi connectivity index (χ2n) is 25.4. The van der Waals surface area contributed by atoms with Crippen LogP contribution in [-0.4, -0.2) is 36.4 Å². The normalized spacial score (nSPS) is 12.6. The van der Waals surface area contributed by atoms with Crippen molar-refractivity contribution in [3.63, 3.8) is 0 Å². The van der Waals surface area contributed by atoms with E-state index in [1.807, 2.05) is 0 Å². The molecule has 0 aliphatic carbocycles. The Morgan fingerprint density at radius 3 is 0.774 bits per heavy atom. The van der Waals surface area contributed by atoms with E-state index in [0.717, 1.165) is 77.0 Å². The van der Waals surface area contributed by atoms with Crippen molar-refractivity contribution in [1.29, 1.82) is 0 Å². The topological polar surface area (TPSA) is 72.8 Å². The number of aliphatic hydroxyl groups excluding tert-OH is 1. The molecular formula is C79H144O5. The molecule has 1 N–H and O–H groups in total. The fourth-order valence-corrected chi connectivity index (χ4v) is 11.4. The van der Waals surface area contributed by atoms with Gasteiger partial charge in [-0.05, 0) is 64.2 Å². The maximum Gasteiger partial charge on any atom is 0.306 e. The van der Waals surface area contributed by atoms with Crippen molar-refractivity contribution in [1.82, 2.24) is 0 Å². The van der Waals surface area contributed by atoms with Crippen LogP contribution in [0, 0.1) is 0 Å². The van der Waals surface area contributed by atoms with E-state index in [0.29, 0.717) is 12.8 Å². The molecule has 84 heavy (non-hydrogen) atoms. The predicted octanol–water partition coefficient (Wildman–Crippen LogP) is 26.2. The van der Waals surface area contributed by atoms with Gasteiger partial charge in [-0.15, -0.1) is 0 Å². The van der Waals surface area contributed by atoms with Crippen LogP contribution < -0.4 is 0 Å². The Morgan fingerprint density at radius 2 is 0.512 bits per heavy atom. The van der Waals surface area contributed by atoms with Crippen molar-refractivity contribution in [3.8, 4) is 0 Å². The monoisotopic (exact) mass is 1170 g/mol. The summed E-state index contributed by atoms with van der Waals surface area (Å²) in [6, 6.07) is 0. The van der Waals surface area contributed by atoms with Gasteiger partial charge in [0.05, 0.1) is 6.61 Å². The van der Waals surface area contributed by atoms with Crippen molar-refractivity contribution < 1.29 is 24.2 Å². The minimum atomic E-state index is -0.776. The Kier molecular flexibility index (Phi) is 72.2. The van der Waals surface area contributed by atoms with Gasteiger partial charge in [0.1, 0.15) is 6.61 Å². The summed E-state index contributed by atoms with van der Waals surface area (Å²) in [6.45, 7) is 4.08. The minimum absolute atomic E-state index is 0.0643. The second kappa shape index (κ2) is 74.6. The molecule has 0 heterocycles. The molecule has 0 saturated heterocycles. The Morgan fingerprint density at radius 1 is 0.286 bits per heavy atom. The van der Waals surface area contributed by atoms with Gasteiger partial charge < -0.3 is 14.6 Å². The van der Waals surface area contributed by atoms with Crippen LogP contribution >= 0.6 is 0 Å². The SMILES string of the molecule is CC/C=C\C/C=C\C/C=C\C/C=C\C/C=C\C/C=C\CCCCCCCCCCCCCCC(=O)OC(CO)COC(=O)CCCCCCCCCCCCCCCCCCCCCCCCCCCCCCCCCCCCCCCCC. The lowest BCUT2D eigenvalue weighted by Gasteiger charge is -2.15. The van der Waals surface area contributed by atoms with Gasteiger partial charge in [0.15, 0.2) is 6.10 Å². The molecule has 0 aromatic carbocycles. The van der Waals surface area contributed by atoms with Crippen molar-refractivity contribution in [2.45, 2.75) is 405 Å². The molecule has 0 radical (unpaired) electrons. The Balaban J connectivity index is 3.40. The van der Waals surface area contributed by atoms with Crippen LogP contribution in [0.1, 0.15) is 399 Å². The van der Waals surface area contributed by atoms with Gasteiger partial charge in [-0.25, -0.2) is 0 Å². The van der Waals surface area contributed by atoms with E-state index in [4.69, 9.17) is 9.47 Å². The number of aliphatic hydroxyl groups is 1. The van der Waals surface area contributed by atoms with Crippen molar-refractivity contribution in [2.75, 3.05) is 13.2 Å². The first-order valence-corrected chi connectivity index (χ1v) is 37.5. The van der Waals surface area contributed by atoms with E-state index in [9.17, 15) is 14.7 Å². The zero-order chi connectivity index (χ0) is 60.5. The van der Waals surface area contributed by atoms with Gasteiger partial charge in [-0.2, -0.15) is 0 Å². The standard InChI is InChI=1S/C79H144O5/c1-3-5-7-9-11-13-15-17-19-21-23-25-27-29-31-33-35-36-37-38-39-40-41-42-44-45-47-49-51-53-55-57-59-61-63-65-67-69-71-73-78(81)83-76-77(75-80)84-79(82)74-72-70-68-66-64-62-60-58-56-54-52-50-48-46-43-34-32-30-28-26-24-22-20-18-16-14-12-10-8-6-4-2/h6,8,12,14,18,20,24,26,30,32,43,46,77,80H,3-5,7,9-11,13,15-17,19,21-23,25,27-29,31,33-42,44-45,47-76H2,1-2H3/b8-6-,14-12-,20-18-,26-24-,32-30-,46-43-. The van der Waals surface area contributed by atoms with Crippen LogP contribution in [0.4, 0.5) is 0 Å². The maximum absolute atomic E-state index is 12.4. The average Bonchev–Trinajstić information content (AvgIpc) is 3.51. The lowest BCUT2D eigenvalue weighted by molar-refractivity contribution is -0.161. The van der Waals surface area contributed by atoms with E-state index >= 15 is 0 Å². The average molecular weight is 1170 g/mol.